The second-order valence-electron chi connectivity index (χ2n) is 2.74. The Kier molecular flexibility index (Phi) is 4.00. The summed E-state index contributed by atoms with van der Waals surface area (Å²) in [6, 6.07) is 0. The Hall–Kier alpha value is -1.34. The SMILES string of the molecule is CC#CCCNCc1cn(C)nn1. The van der Waals surface area contributed by atoms with Crippen LogP contribution >= 0.6 is 0 Å². The van der Waals surface area contributed by atoms with Crippen LogP contribution in [0.15, 0.2) is 6.20 Å². The molecule has 4 heteroatoms. The van der Waals surface area contributed by atoms with Crippen molar-refractivity contribution in [2.45, 2.75) is 19.9 Å². The van der Waals surface area contributed by atoms with E-state index in [1.807, 2.05) is 20.2 Å². The molecule has 0 saturated heterocycles. The first-order valence-electron chi connectivity index (χ1n) is 4.28. The van der Waals surface area contributed by atoms with E-state index in [0.717, 1.165) is 25.2 Å². The Morgan fingerprint density at radius 3 is 3.08 bits per heavy atom. The van der Waals surface area contributed by atoms with Gasteiger partial charge in [-0.2, -0.15) is 0 Å². The number of nitrogens with one attached hydrogen (secondary N) is 1. The van der Waals surface area contributed by atoms with Crippen LogP contribution in [-0.2, 0) is 13.6 Å². The van der Waals surface area contributed by atoms with E-state index in [0.29, 0.717) is 0 Å². The minimum Gasteiger partial charge on any atom is -0.310 e. The summed E-state index contributed by atoms with van der Waals surface area (Å²) in [4.78, 5) is 0. The van der Waals surface area contributed by atoms with Gasteiger partial charge in [-0.05, 0) is 6.92 Å². The second kappa shape index (κ2) is 5.33. The third-order valence-electron chi connectivity index (χ3n) is 1.56. The molecule has 0 radical (unpaired) electrons. The Labute approximate surface area is 78.3 Å². The van der Waals surface area contributed by atoms with Crippen molar-refractivity contribution in [1.82, 2.24) is 20.3 Å². The van der Waals surface area contributed by atoms with Gasteiger partial charge in [0.1, 0.15) is 0 Å². The number of aryl methyl sites for hydroxylation is 1. The van der Waals surface area contributed by atoms with Crippen molar-refractivity contribution in [2.75, 3.05) is 6.54 Å². The molecule has 0 atom stereocenters. The fourth-order valence-corrected chi connectivity index (χ4v) is 0.969. The molecule has 1 rings (SSSR count). The summed E-state index contributed by atoms with van der Waals surface area (Å²) in [5, 5.41) is 11.0. The largest absolute Gasteiger partial charge is 0.310 e. The van der Waals surface area contributed by atoms with E-state index in [1.54, 1.807) is 4.68 Å². The van der Waals surface area contributed by atoms with E-state index >= 15 is 0 Å². The van der Waals surface area contributed by atoms with Crippen molar-refractivity contribution in [3.05, 3.63) is 11.9 Å². The first-order valence-corrected chi connectivity index (χ1v) is 4.28. The highest BCUT2D eigenvalue weighted by molar-refractivity contribution is 4.96. The predicted molar refractivity (Wildman–Crippen MR) is 50.8 cm³/mol. The maximum Gasteiger partial charge on any atom is 0.0964 e. The van der Waals surface area contributed by atoms with Crippen LogP contribution in [0.25, 0.3) is 0 Å². The molecule has 4 nitrogen and oxygen atoms in total. The van der Waals surface area contributed by atoms with Crippen LogP contribution in [0.1, 0.15) is 19.0 Å². The number of nitrogens with zero attached hydrogens (tertiary/aromatic N) is 3. The topological polar surface area (TPSA) is 42.7 Å². The highest BCUT2D eigenvalue weighted by atomic mass is 15.4. The molecule has 0 amide bonds. The molecule has 1 N–H and O–H groups in total. The van der Waals surface area contributed by atoms with Gasteiger partial charge in [0.25, 0.3) is 0 Å². The van der Waals surface area contributed by atoms with Gasteiger partial charge in [-0.25, -0.2) is 0 Å². The molecule has 0 aliphatic rings. The van der Waals surface area contributed by atoms with Crippen LogP contribution in [0, 0.1) is 11.8 Å². The Morgan fingerprint density at radius 2 is 2.46 bits per heavy atom. The van der Waals surface area contributed by atoms with Crippen molar-refractivity contribution in [3.63, 3.8) is 0 Å². The van der Waals surface area contributed by atoms with Gasteiger partial charge in [-0.1, -0.05) is 5.21 Å². The third-order valence-corrected chi connectivity index (χ3v) is 1.56. The minimum absolute atomic E-state index is 0.763. The zero-order valence-electron chi connectivity index (χ0n) is 8.04. The quantitative estimate of drug-likeness (QED) is 0.533. The van der Waals surface area contributed by atoms with Crippen LogP contribution in [-0.4, -0.2) is 21.5 Å². The van der Waals surface area contributed by atoms with Crippen molar-refractivity contribution in [2.24, 2.45) is 7.05 Å². The normalized spacial score (nSPS) is 9.38. The molecule has 0 aliphatic heterocycles. The van der Waals surface area contributed by atoms with Gasteiger partial charge < -0.3 is 5.32 Å². The number of aromatic nitrogens is 3. The van der Waals surface area contributed by atoms with Crippen LogP contribution in [0.4, 0.5) is 0 Å². The third kappa shape index (κ3) is 3.72. The summed E-state index contributed by atoms with van der Waals surface area (Å²) >= 11 is 0. The summed E-state index contributed by atoms with van der Waals surface area (Å²) in [6.07, 6.45) is 2.79. The molecule has 0 spiro atoms. The second-order valence-corrected chi connectivity index (χ2v) is 2.74. The first kappa shape index (κ1) is 9.75. The minimum atomic E-state index is 0.763. The summed E-state index contributed by atoms with van der Waals surface area (Å²) in [7, 11) is 1.86. The molecule has 0 aliphatic carbocycles. The zero-order chi connectivity index (χ0) is 9.52. The first-order chi connectivity index (χ1) is 6.33. The van der Waals surface area contributed by atoms with E-state index in [4.69, 9.17) is 0 Å². The number of hydrogen-bond acceptors (Lipinski definition) is 3. The Morgan fingerprint density at radius 1 is 1.62 bits per heavy atom. The highest BCUT2D eigenvalue weighted by Gasteiger charge is 1.95. The van der Waals surface area contributed by atoms with Gasteiger partial charge in [0.15, 0.2) is 0 Å². The van der Waals surface area contributed by atoms with E-state index in [-0.39, 0.29) is 0 Å². The van der Waals surface area contributed by atoms with Gasteiger partial charge in [-0.15, -0.1) is 16.9 Å². The summed E-state index contributed by atoms with van der Waals surface area (Å²) < 4.78 is 1.70. The van der Waals surface area contributed by atoms with E-state index in [9.17, 15) is 0 Å². The predicted octanol–water partition coefficient (Wildman–Crippen LogP) is 0.318. The zero-order valence-corrected chi connectivity index (χ0v) is 8.04. The molecule has 1 aromatic heterocycles. The average molecular weight is 178 g/mol. The van der Waals surface area contributed by atoms with Crippen molar-refractivity contribution < 1.29 is 0 Å². The molecule has 0 aromatic carbocycles. The highest BCUT2D eigenvalue weighted by Crippen LogP contribution is 1.89. The Bertz CT molecular complexity index is 305. The monoisotopic (exact) mass is 178 g/mol. The lowest BCUT2D eigenvalue weighted by molar-refractivity contribution is 0.680. The lowest BCUT2D eigenvalue weighted by Crippen LogP contribution is -2.14. The Balaban J connectivity index is 2.15. The van der Waals surface area contributed by atoms with Gasteiger partial charge in [0.05, 0.1) is 5.69 Å². The van der Waals surface area contributed by atoms with Crippen LogP contribution in [0.5, 0.6) is 0 Å². The molecule has 1 aromatic rings. The van der Waals surface area contributed by atoms with Gasteiger partial charge in [0.2, 0.25) is 0 Å². The molecule has 0 bridgehead atoms. The van der Waals surface area contributed by atoms with Gasteiger partial charge in [0, 0.05) is 32.8 Å². The fraction of sp³-hybridized carbons (Fsp3) is 0.556. The maximum absolute atomic E-state index is 3.95. The lowest BCUT2D eigenvalue weighted by Gasteiger charge is -1.96. The average Bonchev–Trinajstić information content (AvgIpc) is 2.51. The molecule has 1 heterocycles. The molecule has 0 fully saturated rings. The molecule has 13 heavy (non-hydrogen) atoms. The van der Waals surface area contributed by atoms with Crippen LogP contribution < -0.4 is 5.32 Å². The fourth-order valence-electron chi connectivity index (χ4n) is 0.969. The summed E-state index contributed by atoms with van der Waals surface area (Å²) in [6.45, 7) is 3.51. The lowest BCUT2D eigenvalue weighted by atomic mass is 10.4. The van der Waals surface area contributed by atoms with Gasteiger partial charge in [-0.3, -0.25) is 4.68 Å². The van der Waals surface area contributed by atoms with Crippen molar-refractivity contribution in [1.29, 1.82) is 0 Å². The van der Waals surface area contributed by atoms with Gasteiger partial charge >= 0.3 is 0 Å². The van der Waals surface area contributed by atoms with Crippen LogP contribution in [0.3, 0.4) is 0 Å². The smallest absolute Gasteiger partial charge is 0.0964 e. The summed E-state index contributed by atoms with van der Waals surface area (Å²) in [5.41, 5.74) is 0.965. The molecule has 0 saturated carbocycles. The molecular formula is C9H14N4. The van der Waals surface area contributed by atoms with Crippen molar-refractivity contribution >= 4 is 0 Å². The van der Waals surface area contributed by atoms with E-state index < -0.39 is 0 Å². The molecular weight excluding hydrogens is 164 g/mol. The maximum atomic E-state index is 3.95. The van der Waals surface area contributed by atoms with E-state index in [2.05, 4.69) is 27.5 Å². The number of hydrogen-bond donors (Lipinski definition) is 1. The van der Waals surface area contributed by atoms with E-state index in [1.165, 1.54) is 0 Å². The van der Waals surface area contributed by atoms with Crippen molar-refractivity contribution in [3.8, 4) is 11.8 Å². The molecule has 0 unspecified atom stereocenters. The standard InChI is InChI=1S/C9H14N4/c1-3-4-5-6-10-7-9-8-13(2)12-11-9/h8,10H,5-7H2,1-2H3. The van der Waals surface area contributed by atoms with Crippen LogP contribution in [0.2, 0.25) is 0 Å². The molecule has 70 valence electrons. The summed E-state index contributed by atoms with van der Waals surface area (Å²) in [5.74, 6) is 5.83. The number of rotatable bonds is 4.